The maximum absolute atomic E-state index is 5.68. The molecule has 27 heavy (non-hydrogen) atoms. The van der Waals surface area contributed by atoms with E-state index in [0.29, 0.717) is 24.0 Å². The van der Waals surface area contributed by atoms with Gasteiger partial charge in [-0.15, -0.1) is 0 Å². The monoisotopic (exact) mass is 361 g/mol. The lowest BCUT2D eigenvalue weighted by Crippen LogP contribution is -2.19. The number of hydrogen-bond donors (Lipinski definition) is 1. The molecule has 1 saturated carbocycles. The summed E-state index contributed by atoms with van der Waals surface area (Å²) < 4.78 is 5.68. The smallest absolute Gasteiger partial charge is 0.149 e. The van der Waals surface area contributed by atoms with E-state index in [1.54, 1.807) is 31.8 Å². The van der Waals surface area contributed by atoms with Crippen molar-refractivity contribution in [3.63, 3.8) is 0 Å². The first-order chi connectivity index (χ1) is 13.2. The molecule has 2 aromatic rings. The van der Waals surface area contributed by atoms with Gasteiger partial charge in [0.05, 0.1) is 6.54 Å². The van der Waals surface area contributed by atoms with Gasteiger partial charge in [0, 0.05) is 37.2 Å². The Labute approximate surface area is 159 Å². The minimum absolute atomic E-state index is 0.349. The molecule has 1 aliphatic rings. The summed E-state index contributed by atoms with van der Waals surface area (Å²) in [6.45, 7) is 2.38. The highest BCUT2D eigenvalue weighted by atomic mass is 16.5. The zero-order valence-electron chi connectivity index (χ0n) is 15.6. The fourth-order valence-corrected chi connectivity index (χ4v) is 2.62. The van der Waals surface area contributed by atoms with Crippen molar-refractivity contribution in [2.24, 2.45) is 21.9 Å². The Hall–Kier alpha value is -3.04. The van der Waals surface area contributed by atoms with Gasteiger partial charge < -0.3 is 10.6 Å². The van der Waals surface area contributed by atoms with Crippen LogP contribution in [0.3, 0.4) is 0 Å². The van der Waals surface area contributed by atoms with Crippen LogP contribution in [0.5, 0.6) is 0 Å². The number of aliphatic imine (C=N–C) groups is 1. The normalized spacial score (nSPS) is 15.4. The molecule has 0 amide bonds. The van der Waals surface area contributed by atoms with Gasteiger partial charge in [-0.25, -0.2) is 9.97 Å². The van der Waals surface area contributed by atoms with Crippen molar-refractivity contribution in [1.29, 1.82) is 0 Å². The molecule has 1 atom stereocenters. The summed E-state index contributed by atoms with van der Waals surface area (Å²) in [6.07, 6.45) is 6.98. The number of nitrogens with zero attached hydrogens (tertiary/aromatic N) is 4. The van der Waals surface area contributed by atoms with Gasteiger partial charge in [0.25, 0.3) is 0 Å². The molecule has 1 aromatic heterocycles. The molecule has 138 valence electrons. The Morgan fingerprint density at radius 2 is 2.15 bits per heavy atom. The Kier molecular flexibility index (Phi) is 6.29. The van der Waals surface area contributed by atoms with Crippen molar-refractivity contribution in [3.8, 4) is 11.8 Å². The molecule has 1 heterocycles. The minimum Gasteiger partial charge on any atom is -0.370 e. The topological polar surface area (TPSA) is 85.8 Å². The van der Waals surface area contributed by atoms with Crippen LogP contribution < -0.4 is 5.84 Å². The molecule has 0 spiro atoms. The molecule has 2 N–H and O–H groups in total. The van der Waals surface area contributed by atoms with Crippen molar-refractivity contribution >= 4 is 11.9 Å². The molecule has 6 heteroatoms. The lowest BCUT2D eigenvalue weighted by molar-refractivity contribution is 0.159. The summed E-state index contributed by atoms with van der Waals surface area (Å²) in [5, 5.41) is 3.89. The zero-order valence-corrected chi connectivity index (χ0v) is 15.6. The summed E-state index contributed by atoms with van der Waals surface area (Å²) in [5.41, 5.74) is 3.56. The van der Waals surface area contributed by atoms with Gasteiger partial charge in [0.2, 0.25) is 0 Å². The fraction of sp³-hybridized carbons (Fsp3) is 0.333. The first-order valence-electron chi connectivity index (χ1n) is 8.89. The van der Waals surface area contributed by atoms with Crippen LogP contribution in [0.4, 0.5) is 0 Å². The average Bonchev–Trinajstić information content (AvgIpc) is 3.52. The second kappa shape index (κ2) is 9.06. The maximum atomic E-state index is 5.68. The summed E-state index contributed by atoms with van der Waals surface area (Å²) in [7, 11) is 1.63. The Balaban J connectivity index is 1.79. The van der Waals surface area contributed by atoms with Gasteiger partial charge in [0.15, 0.2) is 0 Å². The number of hydrogen-bond acceptors (Lipinski definition) is 6. The highest BCUT2D eigenvalue weighted by molar-refractivity contribution is 6.32. The molecule has 0 aliphatic heterocycles. The molecular formula is C21H23N5O. The third-order valence-corrected chi connectivity index (χ3v) is 4.29. The molecule has 0 saturated heterocycles. The third-order valence-electron chi connectivity index (χ3n) is 4.29. The lowest BCUT2D eigenvalue weighted by Gasteiger charge is -2.18. The minimum atomic E-state index is -0.418. The molecule has 0 radical (unpaired) electrons. The third kappa shape index (κ3) is 5.22. The van der Waals surface area contributed by atoms with Crippen LogP contribution in [-0.2, 0) is 11.3 Å². The van der Waals surface area contributed by atoms with Gasteiger partial charge in [-0.05, 0) is 49.1 Å². The largest absolute Gasteiger partial charge is 0.370 e. The quantitative estimate of drug-likeness (QED) is 0.371. The zero-order chi connectivity index (χ0) is 19.1. The molecular weight excluding hydrogens is 338 g/mol. The van der Waals surface area contributed by atoms with E-state index < -0.39 is 6.10 Å². The predicted molar refractivity (Wildman–Crippen MR) is 106 cm³/mol. The van der Waals surface area contributed by atoms with Crippen molar-refractivity contribution in [1.82, 2.24) is 9.97 Å². The molecule has 1 aromatic carbocycles. The van der Waals surface area contributed by atoms with Crippen LogP contribution in [0.25, 0.3) is 0 Å². The van der Waals surface area contributed by atoms with Crippen molar-refractivity contribution in [2.75, 3.05) is 7.11 Å². The molecule has 1 fully saturated rings. The summed E-state index contributed by atoms with van der Waals surface area (Å²) in [6, 6.07) is 7.88. The number of benzene rings is 1. The van der Waals surface area contributed by atoms with Crippen LogP contribution in [0.1, 0.15) is 41.5 Å². The molecule has 0 bridgehead atoms. The molecule has 1 aliphatic carbocycles. The number of hydrazone groups is 1. The molecule has 1 unspecified atom stereocenters. The standard InChI is InChI=1S/C21H23N5O/c1-15-4-5-17(9-8-16-6-7-16)12-18(15)21(27-2)19(26-22)13-23-14-20-24-10-3-11-25-20/h3-5,10-13,16,21H,6-7,14,22H2,1-2H3/b23-13?,26-19+. The summed E-state index contributed by atoms with van der Waals surface area (Å²) >= 11 is 0. The maximum Gasteiger partial charge on any atom is 0.149 e. The van der Waals surface area contributed by atoms with Crippen LogP contribution in [0.2, 0.25) is 0 Å². The van der Waals surface area contributed by atoms with Gasteiger partial charge in [-0.3, -0.25) is 4.99 Å². The van der Waals surface area contributed by atoms with E-state index in [4.69, 9.17) is 10.6 Å². The van der Waals surface area contributed by atoms with E-state index in [-0.39, 0.29) is 0 Å². The van der Waals surface area contributed by atoms with E-state index in [9.17, 15) is 0 Å². The number of rotatable bonds is 6. The number of aryl methyl sites for hydroxylation is 1. The van der Waals surface area contributed by atoms with Gasteiger partial charge in [0.1, 0.15) is 17.6 Å². The first kappa shape index (κ1) is 18.7. The number of ether oxygens (including phenoxy) is 1. The highest BCUT2D eigenvalue weighted by Crippen LogP contribution is 2.28. The SMILES string of the molecule is COC(/C(C=NCc1ncccn1)=N/N)c1cc(C#CC2CC2)ccc1C. The average molecular weight is 361 g/mol. The molecule has 3 rings (SSSR count). The van der Waals surface area contributed by atoms with Crippen LogP contribution >= 0.6 is 0 Å². The van der Waals surface area contributed by atoms with Gasteiger partial charge >= 0.3 is 0 Å². The summed E-state index contributed by atoms with van der Waals surface area (Å²) in [5.74, 6) is 13.3. The Morgan fingerprint density at radius 1 is 1.37 bits per heavy atom. The van der Waals surface area contributed by atoms with Gasteiger partial charge in [-0.1, -0.05) is 17.9 Å². The number of methoxy groups -OCH3 is 1. The van der Waals surface area contributed by atoms with Crippen LogP contribution in [-0.4, -0.2) is 29.0 Å². The highest BCUT2D eigenvalue weighted by Gasteiger charge is 2.20. The Bertz CT molecular complexity index is 892. The summed E-state index contributed by atoms with van der Waals surface area (Å²) in [4.78, 5) is 12.7. The van der Waals surface area contributed by atoms with E-state index >= 15 is 0 Å². The second-order valence-electron chi connectivity index (χ2n) is 6.42. The second-order valence-corrected chi connectivity index (χ2v) is 6.42. The predicted octanol–water partition coefficient (Wildman–Crippen LogP) is 2.82. The van der Waals surface area contributed by atoms with Gasteiger partial charge in [-0.2, -0.15) is 5.10 Å². The van der Waals surface area contributed by atoms with E-state index in [1.807, 2.05) is 25.1 Å². The molecule has 6 nitrogen and oxygen atoms in total. The number of nitrogens with two attached hydrogens (primary N) is 1. The van der Waals surface area contributed by atoms with Crippen LogP contribution in [0, 0.1) is 24.7 Å². The Morgan fingerprint density at radius 3 is 2.81 bits per heavy atom. The van der Waals surface area contributed by atoms with E-state index in [0.717, 1.165) is 16.7 Å². The first-order valence-corrected chi connectivity index (χ1v) is 8.89. The fourth-order valence-electron chi connectivity index (χ4n) is 2.62. The van der Waals surface area contributed by atoms with E-state index in [1.165, 1.54) is 12.8 Å². The van der Waals surface area contributed by atoms with Crippen molar-refractivity contribution in [3.05, 3.63) is 59.2 Å². The van der Waals surface area contributed by atoms with Crippen LogP contribution in [0.15, 0.2) is 46.8 Å². The van der Waals surface area contributed by atoms with Crippen molar-refractivity contribution < 1.29 is 4.74 Å². The number of aromatic nitrogens is 2. The lowest BCUT2D eigenvalue weighted by atomic mass is 9.97. The van der Waals surface area contributed by atoms with E-state index in [2.05, 4.69) is 31.9 Å². The van der Waals surface area contributed by atoms with Crippen molar-refractivity contribution in [2.45, 2.75) is 32.4 Å².